The number of furan rings is 1. The lowest BCUT2D eigenvalue weighted by molar-refractivity contribution is -0.148. The minimum absolute atomic E-state index is 0.227. The summed E-state index contributed by atoms with van der Waals surface area (Å²) in [6.45, 7) is 0. The molecule has 6 nitrogen and oxygen atoms in total. The van der Waals surface area contributed by atoms with E-state index in [0.717, 1.165) is 22.3 Å². The summed E-state index contributed by atoms with van der Waals surface area (Å²) in [7, 11) is 1.47. The Morgan fingerprint density at radius 1 is 1.08 bits per heavy atom. The first-order valence-electron chi connectivity index (χ1n) is 7.91. The zero-order valence-electron chi connectivity index (χ0n) is 14.0. The topological polar surface area (TPSA) is 93.8 Å². The van der Waals surface area contributed by atoms with E-state index >= 15 is 0 Å². The van der Waals surface area contributed by atoms with Gasteiger partial charge in [-0.3, -0.25) is 9.59 Å². The van der Waals surface area contributed by atoms with Gasteiger partial charge in [-0.05, 0) is 35.9 Å². The van der Waals surface area contributed by atoms with Gasteiger partial charge in [0.1, 0.15) is 17.1 Å². The number of ketones is 2. The lowest BCUT2D eigenvalue weighted by Crippen LogP contribution is -2.17. The lowest BCUT2D eigenvalue weighted by atomic mass is 10.0. The van der Waals surface area contributed by atoms with Crippen LogP contribution in [0.4, 0.5) is 0 Å². The molecule has 0 unspecified atom stereocenters. The smallest absolute Gasteiger partial charge is 0.372 e. The molecule has 3 rings (SSSR count). The fraction of sp³-hybridized carbons (Fsp3) is 0.150. The highest BCUT2D eigenvalue weighted by Gasteiger charge is 2.19. The molecule has 0 radical (unpaired) electrons. The molecular weight excluding hydrogens is 336 g/mol. The number of methoxy groups -OCH3 is 1. The Bertz CT molecular complexity index is 965. The molecule has 26 heavy (non-hydrogen) atoms. The van der Waals surface area contributed by atoms with E-state index < -0.39 is 24.0 Å². The standard InChI is InChI=1S/C20H16O6/c1-25-15-7-12(6-14(10-15)17(21)11-18(22)20(23)24)8-16-9-13-4-2-3-5-19(13)26-16/h2-7,9-10H,8,11H2,1H3,(H,23,24). The molecule has 0 spiro atoms. The van der Waals surface area contributed by atoms with E-state index in [1.165, 1.54) is 13.2 Å². The number of Topliss-reactive ketones (excluding diaryl/α,β-unsaturated/α-hetero) is 2. The van der Waals surface area contributed by atoms with E-state index in [0.29, 0.717) is 12.2 Å². The first kappa shape index (κ1) is 17.4. The molecule has 0 fully saturated rings. The average Bonchev–Trinajstić information content (AvgIpc) is 3.03. The van der Waals surface area contributed by atoms with Gasteiger partial charge >= 0.3 is 5.97 Å². The molecule has 0 bridgehead atoms. The van der Waals surface area contributed by atoms with Gasteiger partial charge in [0.15, 0.2) is 5.78 Å². The Balaban J connectivity index is 1.88. The number of carbonyl (C=O) groups is 3. The van der Waals surface area contributed by atoms with Gasteiger partial charge in [0.2, 0.25) is 5.78 Å². The van der Waals surface area contributed by atoms with Crippen molar-refractivity contribution in [2.24, 2.45) is 0 Å². The summed E-state index contributed by atoms with van der Waals surface area (Å²) in [4.78, 5) is 34.1. The molecule has 0 atom stereocenters. The molecule has 1 aromatic heterocycles. The molecule has 0 saturated carbocycles. The molecule has 1 N–H and O–H groups in total. The van der Waals surface area contributed by atoms with Crippen molar-refractivity contribution in [2.45, 2.75) is 12.8 Å². The number of para-hydroxylation sites is 1. The van der Waals surface area contributed by atoms with Gasteiger partial charge in [0.05, 0.1) is 13.5 Å². The van der Waals surface area contributed by atoms with Crippen LogP contribution in [0.5, 0.6) is 5.75 Å². The summed E-state index contributed by atoms with van der Waals surface area (Å²) in [5, 5.41) is 9.64. The van der Waals surface area contributed by atoms with E-state index in [2.05, 4.69) is 0 Å². The van der Waals surface area contributed by atoms with Gasteiger partial charge in [-0.2, -0.15) is 0 Å². The predicted molar refractivity (Wildman–Crippen MR) is 93.6 cm³/mol. The zero-order valence-corrected chi connectivity index (χ0v) is 14.0. The van der Waals surface area contributed by atoms with Crippen LogP contribution in [0.1, 0.15) is 28.1 Å². The van der Waals surface area contributed by atoms with Gasteiger partial charge in [0, 0.05) is 17.4 Å². The molecule has 0 saturated heterocycles. The van der Waals surface area contributed by atoms with Crippen LogP contribution in [0.2, 0.25) is 0 Å². The van der Waals surface area contributed by atoms with Crippen molar-refractivity contribution in [3.8, 4) is 5.75 Å². The highest BCUT2D eigenvalue weighted by Crippen LogP contribution is 2.24. The molecule has 1 heterocycles. The summed E-state index contributed by atoms with van der Waals surface area (Å²) < 4.78 is 11.0. The maximum atomic E-state index is 12.2. The third-order valence-electron chi connectivity index (χ3n) is 3.94. The number of ether oxygens (including phenoxy) is 1. The summed E-state index contributed by atoms with van der Waals surface area (Å²) in [6, 6.07) is 14.4. The van der Waals surface area contributed by atoms with Crippen LogP contribution in [0.25, 0.3) is 11.0 Å². The first-order chi connectivity index (χ1) is 12.5. The van der Waals surface area contributed by atoms with Gasteiger partial charge < -0.3 is 14.3 Å². The Hall–Kier alpha value is -3.41. The second-order valence-corrected chi connectivity index (χ2v) is 5.83. The third-order valence-corrected chi connectivity index (χ3v) is 3.94. The number of benzene rings is 2. The zero-order chi connectivity index (χ0) is 18.7. The number of carboxylic acid groups (broad SMARTS) is 1. The molecule has 3 aromatic rings. The fourth-order valence-electron chi connectivity index (χ4n) is 2.69. The van der Waals surface area contributed by atoms with E-state index in [4.69, 9.17) is 14.3 Å². The molecule has 0 aliphatic rings. The van der Waals surface area contributed by atoms with Gasteiger partial charge in [-0.15, -0.1) is 0 Å². The van der Waals surface area contributed by atoms with Crippen molar-refractivity contribution in [1.29, 1.82) is 0 Å². The van der Waals surface area contributed by atoms with E-state index in [9.17, 15) is 14.4 Å². The van der Waals surface area contributed by atoms with Crippen molar-refractivity contribution in [2.75, 3.05) is 7.11 Å². The summed E-state index contributed by atoms with van der Waals surface area (Å²) in [5.41, 5.74) is 1.76. The van der Waals surface area contributed by atoms with Crippen LogP contribution in [0.15, 0.2) is 52.9 Å². The molecule has 132 valence electrons. The maximum Gasteiger partial charge on any atom is 0.372 e. The van der Waals surface area contributed by atoms with Crippen LogP contribution in [-0.2, 0) is 16.0 Å². The maximum absolute atomic E-state index is 12.2. The van der Waals surface area contributed by atoms with Crippen LogP contribution in [0.3, 0.4) is 0 Å². The first-order valence-corrected chi connectivity index (χ1v) is 7.91. The Morgan fingerprint density at radius 3 is 2.54 bits per heavy atom. The van der Waals surface area contributed by atoms with Crippen molar-refractivity contribution < 1.29 is 28.6 Å². The normalized spacial score (nSPS) is 10.7. The van der Waals surface area contributed by atoms with Crippen molar-refractivity contribution in [3.05, 3.63) is 65.4 Å². The van der Waals surface area contributed by atoms with Crippen LogP contribution >= 0.6 is 0 Å². The van der Waals surface area contributed by atoms with Crippen LogP contribution < -0.4 is 4.74 Å². The highest BCUT2D eigenvalue weighted by atomic mass is 16.5. The van der Waals surface area contributed by atoms with Crippen LogP contribution in [-0.4, -0.2) is 29.8 Å². The van der Waals surface area contributed by atoms with E-state index in [1.54, 1.807) is 12.1 Å². The van der Waals surface area contributed by atoms with Gasteiger partial charge in [-0.25, -0.2) is 4.79 Å². The minimum atomic E-state index is -1.62. The average molecular weight is 352 g/mol. The van der Waals surface area contributed by atoms with E-state index in [1.807, 2.05) is 30.3 Å². The third kappa shape index (κ3) is 3.80. The highest BCUT2D eigenvalue weighted by molar-refractivity contribution is 6.37. The summed E-state index contributed by atoms with van der Waals surface area (Å²) in [6.07, 6.45) is -0.258. The predicted octanol–water partition coefficient (Wildman–Crippen LogP) is 3.26. The molecule has 0 aliphatic carbocycles. The van der Waals surface area contributed by atoms with E-state index in [-0.39, 0.29) is 5.56 Å². The summed E-state index contributed by atoms with van der Waals surface area (Å²) >= 11 is 0. The molecular formula is C20H16O6. The minimum Gasteiger partial charge on any atom is -0.497 e. The van der Waals surface area contributed by atoms with Crippen molar-refractivity contribution in [1.82, 2.24) is 0 Å². The van der Waals surface area contributed by atoms with Crippen molar-refractivity contribution >= 4 is 28.5 Å². The number of carboxylic acids is 1. The quantitative estimate of drug-likeness (QED) is 0.398. The van der Waals surface area contributed by atoms with Gasteiger partial charge in [0.25, 0.3) is 0 Å². The molecule has 6 heteroatoms. The fourth-order valence-corrected chi connectivity index (χ4v) is 2.69. The number of aliphatic carboxylic acids is 1. The van der Waals surface area contributed by atoms with Gasteiger partial charge in [-0.1, -0.05) is 18.2 Å². The number of rotatable bonds is 7. The largest absolute Gasteiger partial charge is 0.497 e. The Morgan fingerprint density at radius 2 is 1.85 bits per heavy atom. The second-order valence-electron chi connectivity index (χ2n) is 5.83. The van der Waals surface area contributed by atoms with Crippen molar-refractivity contribution in [3.63, 3.8) is 0 Å². The second kappa shape index (κ2) is 7.23. The summed E-state index contributed by atoms with van der Waals surface area (Å²) in [5.74, 6) is -2.16. The van der Waals surface area contributed by atoms with Crippen LogP contribution in [0, 0.1) is 0 Å². The number of fused-ring (bicyclic) bond motifs is 1. The monoisotopic (exact) mass is 352 g/mol. The molecule has 0 amide bonds. The molecule has 2 aromatic carbocycles. The Kier molecular flexibility index (Phi) is 4.84. The number of hydrogen-bond acceptors (Lipinski definition) is 5. The number of carbonyl (C=O) groups excluding carboxylic acids is 2. The molecule has 0 aliphatic heterocycles. The lowest BCUT2D eigenvalue weighted by Gasteiger charge is -2.07. The SMILES string of the molecule is COc1cc(Cc2cc3ccccc3o2)cc(C(=O)CC(=O)C(=O)O)c1. The Labute approximate surface area is 149 Å². The number of hydrogen-bond donors (Lipinski definition) is 1.